The molecule has 0 aromatic heterocycles. The summed E-state index contributed by atoms with van der Waals surface area (Å²) in [4.78, 5) is 10.1. The summed E-state index contributed by atoms with van der Waals surface area (Å²) in [6, 6.07) is 0. The van der Waals surface area contributed by atoms with Crippen LogP contribution in [0.1, 0.15) is 57.8 Å². The maximum atomic E-state index is 10.1. The van der Waals surface area contributed by atoms with E-state index in [1.54, 1.807) is 0 Å². The highest BCUT2D eigenvalue weighted by atomic mass is 16.1. The van der Waals surface area contributed by atoms with Crippen molar-refractivity contribution in [3.63, 3.8) is 0 Å². The summed E-state index contributed by atoms with van der Waals surface area (Å²) in [5.74, 6) is 1.09. The van der Waals surface area contributed by atoms with Gasteiger partial charge in [-0.05, 0) is 43.4 Å². The van der Waals surface area contributed by atoms with Crippen LogP contribution < -0.4 is 0 Å². The van der Waals surface area contributed by atoms with Crippen LogP contribution in [0.15, 0.2) is 0 Å². The normalized spacial score (nSPS) is 24.3. The van der Waals surface area contributed by atoms with Crippen molar-refractivity contribution in [2.75, 3.05) is 0 Å². The Morgan fingerprint density at radius 3 is 2.54 bits per heavy atom. The third-order valence-corrected chi connectivity index (χ3v) is 3.65. The van der Waals surface area contributed by atoms with Crippen LogP contribution in [0.25, 0.3) is 0 Å². The number of aldehydes is 1. The highest BCUT2D eigenvalue weighted by Gasteiger charge is 2.45. The van der Waals surface area contributed by atoms with Crippen molar-refractivity contribution < 1.29 is 4.79 Å². The molecule has 2 rings (SSSR count). The number of unbranched alkanes of at least 4 members (excludes halogenated alkanes) is 2. The zero-order valence-corrected chi connectivity index (χ0v) is 8.43. The number of carbonyl (C=O) groups excluding carboxylic acids is 1. The van der Waals surface area contributed by atoms with E-state index in [-0.39, 0.29) is 0 Å². The van der Waals surface area contributed by atoms with E-state index in [1.165, 1.54) is 44.9 Å². The minimum atomic E-state index is 0.768. The lowest BCUT2D eigenvalue weighted by Crippen LogP contribution is -2.01. The van der Waals surface area contributed by atoms with Gasteiger partial charge in [-0.2, -0.15) is 0 Å². The smallest absolute Gasteiger partial charge is 0.119 e. The number of rotatable bonds is 7. The monoisotopic (exact) mass is 180 g/mol. The van der Waals surface area contributed by atoms with Gasteiger partial charge in [0, 0.05) is 6.42 Å². The summed E-state index contributed by atoms with van der Waals surface area (Å²) in [6.07, 6.45) is 13.1. The van der Waals surface area contributed by atoms with Gasteiger partial charge in [0.25, 0.3) is 0 Å². The molecule has 0 amide bonds. The van der Waals surface area contributed by atoms with Crippen molar-refractivity contribution in [1.29, 1.82) is 0 Å². The van der Waals surface area contributed by atoms with Crippen molar-refractivity contribution in [3.05, 3.63) is 0 Å². The van der Waals surface area contributed by atoms with Crippen LogP contribution in [-0.4, -0.2) is 6.29 Å². The Hall–Kier alpha value is -0.330. The maximum absolute atomic E-state index is 10.1. The summed E-state index contributed by atoms with van der Waals surface area (Å²) in [5, 5.41) is 0. The van der Waals surface area contributed by atoms with Crippen molar-refractivity contribution >= 4 is 6.29 Å². The van der Waals surface area contributed by atoms with E-state index in [9.17, 15) is 4.79 Å². The standard InChI is InChI=1S/C12H20O/c13-9-3-1-2-6-12(7-8-12)10-11-4-5-11/h9,11H,1-8,10H2. The van der Waals surface area contributed by atoms with E-state index in [2.05, 4.69) is 0 Å². The van der Waals surface area contributed by atoms with Crippen molar-refractivity contribution in [2.45, 2.75) is 57.8 Å². The molecule has 0 saturated heterocycles. The molecule has 0 N–H and O–H groups in total. The first-order valence-electron chi connectivity index (χ1n) is 5.78. The molecule has 0 bridgehead atoms. The second-order valence-corrected chi connectivity index (χ2v) is 5.06. The average Bonchev–Trinajstić information content (AvgIpc) is 3.00. The first-order valence-corrected chi connectivity index (χ1v) is 5.78. The molecule has 1 nitrogen and oxygen atoms in total. The Morgan fingerprint density at radius 2 is 2.00 bits per heavy atom. The number of carbonyl (C=O) groups is 1. The summed E-state index contributed by atoms with van der Waals surface area (Å²) >= 11 is 0. The predicted octanol–water partition coefficient (Wildman–Crippen LogP) is 3.33. The lowest BCUT2D eigenvalue weighted by atomic mass is 9.92. The Kier molecular flexibility index (Phi) is 2.71. The van der Waals surface area contributed by atoms with Gasteiger partial charge in [0.15, 0.2) is 0 Å². The van der Waals surface area contributed by atoms with Gasteiger partial charge in [0.05, 0.1) is 0 Å². The van der Waals surface area contributed by atoms with Crippen LogP contribution in [0.3, 0.4) is 0 Å². The molecule has 0 aromatic rings. The molecule has 0 radical (unpaired) electrons. The average molecular weight is 180 g/mol. The van der Waals surface area contributed by atoms with Crippen molar-refractivity contribution in [3.8, 4) is 0 Å². The first-order chi connectivity index (χ1) is 6.35. The molecular formula is C12H20O. The quantitative estimate of drug-likeness (QED) is 0.434. The van der Waals surface area contributed by atoms with E-state index in [1.807, 2.05) is 0 Å². The third-order valence-electron chi connectivity index (χ3n) is 3.65. The number of hydrogen-bond donors (Lipinski definition) is 0. The minimum absolute atomic E-state index is 0.768. The number of hydrogen-bond acceptors (Lipinski definition) is 1. The Balaban J connectivity index is 1.59. The highest BCUT2D eigenvalue weighted by molar-refractivity contribution is 5.48. The van der Waals surface area contributed by atoms with E-state index in [0.717, 1.165) is 30.5 Å². The molecule has 0 atom stereocenters. The van der Waals surface area contributed by atoms with Crippen LogP contribution in [0, 0.1) is 11.3 Å². The molecular weight excluding hydrogens is 160 g/mol. The maximum Gasteiger partial charge on any atom is 0.119 e. The summed E-state index contributed by atoms with van der Waals surface area (Å²) in [6.45, 7) is 0. The fourth-order valence-corrected chi connectivity index (χ4v) is 2.39. The molecule has 2 aliphatic carbocycles. The van der Waals surface area contributed by atoms with Crippen LogP contribution >= 0.6 is 0 Å². The minimum Gasteiger partial charge on any atom is -0.303 e. The molecule has 2 aliphatic rings. The molecule has 2 fully saturated rings. The summed E-state index contributed by atoms with van der Waals surface area (Å²) in [5.41, 5.74) is 0.768. The molecule has 2 saturated carbocycles. The van der Waals surface area contributed by atoms with E-state index in [0.29, 0.717) is 0 Å². The predicted molar refractivity (Wildman–Crippen MR) is 53.5 cm³/mol. The fraction of sp³-hybridized carbons (Fsp3) is 0.917. The van der Waals surface area contributed by atoms with Gasteiger partial charge in [-0.25, -0.2) is 0 Å². The van der Waals surface area contributed by atoms with Gasteiger partial charge < -0.3 is 4.79 Å². The fourth-order valence-electron chi connectivity index (χ4n) is 2.39. The molecule has 0 aliphatic heterocycles. The van der Waals surface area contributed by atoms with Gasteiger partial charge >= 0.3 is 0 Å². The van der Waals surface area contributed by atoms with Gasteiger partial charge in [-0.15, -0.1) is 0 Å². The van der Waals surface area contributed by atoms with Crippen molar-refractivity contribution in [2.24, 2.45) is 11.3 Å². The van der Waals surface area contributed by atoms with E-state index < -0.39 is 0 Å². The Morgan fingerprint density at radius 1 is 1.23 bits per heavy atom. The molecule has 74 valence electrons. The van der Waals surface area contributed by atoms with Crippen LogP contribution in [0.2, 0.25) is 0 Å². The molecule has 0 spiro atoms. The summed E-state index contributed by atoms with van der Waals surface area (Å²) < 4.78 is 0. The lowest BCUT2D eigenvalue weighted by Gasteiger charge is -2.13. The SMILES string of the molecule is O=CCCCCC1(CC2CC2)CC1. The molecule has 13 heavy (non-hydrogen) atoms. The highest BCUT2D eigenvalue weighted by Crippen LogP contribution is 2.57. The second-order valence-electron chi connectivity index (χ2n) is 5.06. The van der Waals surface area contributed by atoms with Crippen molar-refractivity contribution in [1.82, 2.24) is 0 Å². The zero-order chi connectivity index (χ0) is 9.15. The van der Waals surface area contributed by atoms with Crippen LogP contribution in [0.4, 0.5) is 0 Å². The molecule has 0 heterocycles. The summed E-state index contributed by atoms with van der Waals surface area (Å²) in [7, 11) is 0. The zero-order valence-electron chi connectivity index (χ0n) is 8.43. The lowest BCUT2D eigenvalue weighted by molar-refractivity contribution is -0.107. The van der Waals surface area contributed by atoms with Crippen LogP contribution in [0.5, 0.6) is 0 Å². The van der Waals surface area contributed by atoms with Gasteiger partial charge in [0.1, 0.15) is 6.29 Å². The first kappa shape index (κ1) is 9.23. The largest absolute Gasteiger partial charge is 0.303 e. The Bertz CT molecular complexity index is 178. The van der Waals surface area contributed by atoms with E-state index in [4.69, 9.17) is 0 Å². The molecule has 0 aromatic carbocycles. The van der Waals surface area contributed by atoms with Gasteiger partial charge in [0.2, 0.25) is 0 Å². The second kappa shape index (κ2) is 3.81. The van der Waals surface area contributed by atoms with E-state index >= 15 is 0 Å². The van der Waals surface area contributed by atoms with Gasteiger partial charge in [-0.3, -0.25) is 0 Å². The third kappa shape index (κ3) is 2.82. The topological polar surface area (TPSA) is 17.1 Å². The van der Waals surface area contributed by atoms with Gasteiger partial charge in [-0.1, -0.05) is 19.3 Å². The Labute approximate surface area is 80.9 Å². The molecule has 1 heteroatoms. The van der Waals surface area contributed by atoms with Crippen LogP contribution in [-0.2, 0) is 4.79 Å². The molecule has 0 unspecified atom stereocenters.